The minimum absolute atomic E-state index is 0.304. The van der Waals surface area contributed by atoms with Crippen molar-refractivity contribution < 1.29 is 19.1 Å². The lowest BCUT2D eigenvalue weighted by Gasteiger charge is -2.30. The van der Waals surface area contributed by atoms with Gasteiger partial charge < -0.3 is 20.1 Å². The molecule has 0 radical (unpaired) electrons. The van der Waals surface area contributed by atoms with Crippen molar-refractivity contribution in [3.05, 3.63) is 54.1 Å². The summed E-state index contributed by atoms with van der Waals surface area (Å²) in [5.41, 5.74) is 1.65. The molecule has 3 rings (SSSR count). The molecule has 0 aliphatic carbocycles. The van der Waals surface area contributed by atoms with Gasteiger partial charge >= 0.3 is 11.8 Å². The fourth-order valence-corrected chi connectivity index (χ4v) is 2.47. The van der Waals surface area contributed by atoms with Gasteiger partial charge in [-0.25, -0.2) is 0 Å². The first-order valence-corrected chi connectivity index (χ1v) is 8.10. The van der Waals surface area contributed by atoms with Crippen LogP contribution in [0.2, 0.25) is 0 Å². The zero-order valence-corrected chi connectivity index (χ0v) is 14.1. The molecule has 2 aromatic carbocycles. The summed E-state index contributed by atoms with van der Waals surface area (Å²) in [5.74, 6) is -0.123. The molecule has 0 saturated heterocycles. The number of aryl methyl sites for hydroxylation is 1. The number of ether oxygens (including phenoxy) is 2. The van der Waals surface area contributed by atoms with Crippen molar-refractivity contribution >= 4 is 17.5 Å². The van der Waals surface area contributed by atoms with Crippen LogP contribution in [0.5, 0.6) is 11.5 Å². The Hall–Kier alpha value is -3.02. The number of carbonyl (C=O) groups excluding carboxylic acids is 2. The minimum Gasteiger partial charge on any atom is -0.486 e. The van der Waals surface area contributed by atoms with Crippen LogP contribution in [0, 0.1) is 6.92 Å². The molecule has 6 heteroatoms. The highest BCUT2D eigenvalue weighted by Crippen LogP contribution is 2.31. The van der Waals surface area contributed by atoms with E-state index in [2.05, 4.69) is 10.6 Å². The number of fused-ring (bicyclic) bond motifs is 1. The van der Waals surface area contributed by atoms with E-state index in [9.17, 15) is 9.59 Å². The smallest absolute Gasteiger partial charge is 0.313 e. The first-order chi connectivity index (χ1) is 12.0. The molecule has 0 fully saturated rings. The number of hydrogen-bond donors (Lipinski definition) is 2. The summed E-state index contributed by atoms with van der Waals surface area (Å²) in [7, 11) is 0. The van der Waals surface area contributed by atoms with Crippen LogP contribution in [0.3, 0.4) is 0 Å². The Kier molecular flexibility index (Phi) is 4.88. The molecule has 0 bridgehead atoms. The van der Waals surface area contributed by atoms with E-state index in [0.29, 0.717) is 23.8 Å². The number of amides is 2. The van der Waals surface area contributed by atoms with Gasteiger partial charge in [0.2, 0.25) is 0 Å². The van der Waals surface area contributed by atoms with E-state index in [-0.39, 0.29) is 12.1 Å². The first-order valence-electron chi connectivity index (χ1n) is 8.10. The third-order valence-electron chi connectivity index (χ3n) is 3.96. The van der Waals surface area contributed by atoms with E-state index in [1.54, 1.807) is 25.1 Å². The lowest BCUT2D eigenvalue weighted by atomic mass is 10.1. The molecule has 130 valence electrons. The fraction of sp³-hybridized carbons (Fsp3) is 0.263. The average molecular weight is 340 g/mol. The molecular weight excluding hydrogens is 320 g/mol. The lowest BCUT2D eigenvalue weighted by Crippen LogP contribution is -2.50. The van der Waals surface area contributed by atoms with E-state index in [4.69, 9.17) is 9.47 Å². The van der Waals surface area contributed by atoms with Crippen molar-refractivity contribution in [1.29, 1.82) is 0 Å². The van der Waals surface area contributed by atoms with Crippen molar-refractivity contribution in [2.24, 2.45) is 0 Å². The summed E-state index contributed by atoms with van der Waals surface area (Å²) in [6.45, 7) is 4.03. The third kappa shape index (κ3) is 4.09. The second kappa shape index (κ2) is 7.25. The van der Waals surface area contributed by atoms with Crippen LogP contribution in [0.4, 0.5) is 5.69 Å². The normalized spacial score (nSPS) is 16.6. The number of hydrogen-bond acceptors (Lipinski definition) is 4. The number of anilines is 1. The molecule has 0 unspecified atom stereocenters. The van der Waals surface area contributed by atoms with E-state index < -0.39 is 11.8 Å². The molecule has 2 amide bonds. The van der Waals surface area contributed by atoms with Gasteiger partial charge in [-0.3, -0.25) is 9.59 Å². The van der Waals surface area contributed by atoms with Crippen molar-refractivity contribution in [1.82, 2.24) is 5.32 Å². The number of carbonyl (C=O) groups is 2. The molecule has 1 aliphatic rings. The van der Waals surface area contributed by atoms with Crippen LogP contribution < -0.4 is 20.1 Å². The van der Waals surface area contributed by atoms with Gasteiger partial charge in [0.05, 0.1) is 6.04 Å². The molecular formula is C19H20N2O4. The van der Waals surface area contributed by atoms with Gasteiger partial charge in [0, 0.05) is 5.69 Å². The topological polar surface area (TPSA) is 76.7 Å². The molecule has 0 aromatic heterocycles. The second-order valence-corrected chi connectivity index (χ2v) is 6.00. The number of rotatable bonds is 3. The highest BCUT2D eigenvalue weighted by atomic mass is 16.6. The Morgan fingerprint density at radius 2 is 1.72 bits per heavy atom. The maximum Gasteiger partial charge on any atom is 0.313 e. The molecule has 1 heterocycles. The van der Waals surface area contributed by atoms with Crippen LogP contribution in [-0.4, -0.2) is 30.6 Å². The first kappa shape index (κ1) is 16.8. The summed E-state index contributed by atoms with van der Waals surface area (Å²) in [5, 5.41) is 5.23. The summed E-state index contributed by atoms with van der Waals surface area (Å²) >= 11 is 0. The van der Waals surface area contributed by atoms with Crippen LogP contribution in [-0.2, 0) is 9.59 Å². The lowest BCUT2D eigenvalue weighted by molar-refractivity contribution is -0.137. The fourth-order valence-electron chi connectivity index (χ4n) is 2.47. The zero-order valence-electron chi connectivity index (χ0n) is 14.1. The molecule has 2 N–H and O–H groups in total. The second-order valence-electron chi connectivity index (χ2n) is 6.00. The van der Waals surface area contributed by atoms with Crippen molar-refractivity contribution in [2.75, 3.05) is 11.9 Å². The Morgan fingerprint density at radius 1 is 1.04 bits per heavy atom. The maximum atomic E-state index is 12.1. The Morgan fingerprint density at radius 3 is 2.44 bits per heavy atom. The summed E-state index contributed by atoms with van der Waals surface area (Å²) in [6.07, 6.45) is -0.369. The number of para-hydroxylation sites is 2. The van der Waals surface area contributed by atoms with Crippen molar-refractivity contribution in [3.8, 4) is 11.5 Å². The molecule has 2 aromatic rings. The van der Waals surface area contributed by atoms with Gasteiger partial charge in [0.25, 0.3) is 0 Å². The predicted molar refractivity (Wildman–Crippen MR) is 93.8 cm³/mol. The summed E-state index contributed by atoms with van der Waals surface area (Å²) in [4.78, 5) is 24.1. The van der Waals surface area contributed by atoms with E-state index in [1.165, 1.54) is 0 Å². The van der Waals surface area contributed by atoms with Crippen molar-refractivity contribution in [3.63, 3.8) is 0 Å². The van der Waals surface area contributed by atoms with E-state index >= 15 is 0 Å². The van der Waals surface area contributed by atoms with Gasteiger partial charge in [0.1, 0.15) is 6.61 Å². The Bertz CT molecular complexity index is 773. The zero-order chi connectivity index (χ0) is 17.8. The summed E-state index contributed by atoms with van der Waals surface area (Å²) in [6, 6.07) is 14.2. The van der Waals surface area contributed by atoms with Gasteiger partial charge in [-0.2, -0.15) is 0 Å². The minimum atomic E-state index is -0.715. The molecule has 0 saturated carbocycles. The predicted octanol–water partition coefficient (Wildman–Crippen LogP) is 2.28. The van der Waals surface area contributed by atoms with Crippen LogP contribution >= 0.6 is 0 Å². The van der Waals surface area contributed by atoms with Gasteiger partial charge in [-0.15, -0.1) is 0 Å². The van der Waals surface area contributed by atoms with E-state index in [0.717, 1.165) is 5.56 Å². The summed E-state index contributed by atoms with van der Waals surface area (Å²) < 4.78 is 11.5. The molecule has 6 nitrogen and oxygen atoms in total. The quantitative estimate of drug-likeness (QED) is 0.841. The van der Waals surface area contributed by atoms with Crippen LogP contribution in [0.1, 0.15) is 12.5 Å². The van der Waals surface area contributed by atoms with Gasteiger partial charge in [0.15, 0.2) is 17.6 Å². The number of nitrogens with one attached hydrogen (secondary N) is 2. The standard InChI is InChI=1S/C19H20N2O4/c1-12-7-9-14(10-8-12)21-19(23)18(22)20-13(2)17-11-24-15-5-3-4-6-16(15)25-17/h3-10,13,17H,11H2,1-2H3,(H,20,22)(H,21,23)/t13-,17-/m1/s1. The average Bonchev–Trinajstić information content (AvgIpc) is 2.63. The monoisotopic (exact) mass is 340 g/mol. The largest absolute Gasteiger partial charge is 0.486 e. The highest BCUT2D eigenvalue weighted by Gasteiger charge is 2.28. The molecule has 0 spiro atoms. The third-order valence-corrected chi connectivity index (χ3v) is 3.96. The highest BCUT2D eigenvalue weighted by molar-refractivity contribution is 6.39. The maximum absolute atomic E-state index is 12.1. The van der Waals surface area contributed by atoms with E-state index in [1.807, 2.05) is 37.3 Å². The van der Waals surface area contributed by atoms with Gasteiger partial charge in [-0.05, 0) is 38.1 Å². The molecule has 25 heavy (non-hydrogen) atoms. The van der Waals surface area contributed by atoms with Crippen LogP contribution in [0.25, 0.3) is 0 Å². The molecule has 1 aliphatic heterocycles. The van der Waals surface area contributed by atoms with Gasteiger partial charge in [-0.1, -0.05) is 29.8 Å². The number of benzene rings is 2. The molecule has 2 atom stereocenters. The van der Waals surface area contributed by atoms with Crippen molar-refractivity contribution in [2.45, 2.75) is 26.0 Å². The Balaban J connectivity index is 1.55. The Labute approximate surface area is 146 Å². The SMILES string of the molecule is Cc1ccc(NC(=O)C(=O)N[C@H](C)[C@H]2COc3ccccc3O2)cc1. The van der Waals surface area contributed by atoms with Crippen LogP contribution in [0.15, 0.2) is 48.5 Å².